The Balaban J connectivity index is 2.73. The van der Waals surface area contributed by atoms with Crippen molar-refractivity contribution >= 4 is 0 Å². The summed E-state index contributed by atoms with van der Waals surface area (Å²) in [5.41, 5.74) is 0.859. The molecule has 0 atom stereocenters. The third-order valence-electron chi connectivity index (χ3n) is 1.99. The number of aromatic hydroxyl groups is 1. The average Bonchev–Trinajstić information content (AvgIpc) is 2.16. The zero-order valence-corrected chi connectivity index (χ0v) is 8.87. The van der Waals surface area contributed by atoms with Gasteiger partial charge in [0.25, 0.3) is 0 Å². The molecule has 0 heterocycles. The van der Waals surface area contributed by atoms with Gasteiger partial charge >= 0.3 is 0 Å². The molecule has 14 heavy (non-hydrogen) atoms. The van der Waals surface area contributed by atoms with Gasteiger partial charge in [-0.25, -0.2) is 0 Å². The van der Waals surface area contributed by atoms with Gasteiger partial charge in [0.05, 0.1) is 7.11 Å². The predicted octanol–water partition coefficient (Wildman–Crippen LogP) is 1.90. The highest BCUT2D eigenvalue weighted by Crippen LogP contribution is 2.22. The first-order chi connectivity index (χ1) is 6.63. The van der Waals surface area contributed by atoms with Gasteiger partial charge < -0.3 is 15.2 Å². The zero-order valence-electron chi connectivity index (χ0n) is 8.87. The van der Waals surface area contributed by atoms with Gasteiger partial charge in [-0.3, -0.25) is 0 Å². The molecule has 0 aliphatic heterocycles. The third kappa shape index (κ3) is 2.92. The van der Waals surface area contributed by atoms with Gasteiger partial charge in [-0.15, -0.1) is 0 Å². The van der Waals surface area contributed by atoms with Gasteiger partial charge in [-0.2, -0.15) is 0 Å². The topological polar surface area (TPSA) is 41.5 Å². The molecule has 0 amide bonds. The molecule has 0 aliphatic rings. The number of methoxy groups -OCH3 is 1. The fourth-order valence-corrected chi connectivity index (χ4v) is 1.14. The summed E-state index contributed by atoms with van der Waals surface area (Å²) in [7, 11) is 1.62. The number of phenolic OH excluding ortho intramolecular Hbond substituents is 1. The molecule has 0 spiro atoms. The number of phenols is 1. The van der Waals surface area contributed by atoms with E-state index in [9.17, 15) is 5.11 Å². The maximum atomic E-state index is 9.55. The maximum absolute atomic E-state index is 9.55. The van der Waals surface area contributed by atoms with Crippen molar-refractivity contribution in [1.29, 1.82) is 0 Å². The SMILES string of the molecule is COc1ccc(O)c(CNC(C)C)c1. The standard InChI is InChI=1S/C11H17NO2/c1-8(2)12-7-9-6-10(14-3)4-5-11(9)13/h4-6,8,12-13H,7H2,1-3H3. The molecular weight excluding hydrogens is 178 g/mol. The van der Waals surface area contributed by atoms with E-state index < -0.39 is 0 Å². The van der Waals surface area contributed by atoms with E-state index in [1.807, 2.05) is 6.07 Å². The Bertz CT molecular complexity index is 297. The minimum atomic E-state index is 0.305. The first kappa shape index (κ1) is 10.9. The van der Waals surface area contributed by atoms with Crippen LogP contribution in [-0.2, 0) is 6.54 Å². The minimum Gasteiger partial charge on any atom is -0.508 e. The molecule has 0 bridgehead atoms. The number of ether oxygens (including phenoxy) is 1. The third-order valence-corrected chi connectivity index (χ3v) is 1.99. The van der Waals surface area contributed by atoms with Crippen molar-refractivity contribution in [3.8, 4) is 11.5 Å². The van der Waals surface area contributed by atoms with E-state index in [-0.39, 0.29) is 0 Å². The maximum Gasteiger partial charge on any atom is 0.120 e. The number of nitrogens with one attached hydrogen (secondary N) is 1. The molecule has 0 saturated carbocycles. The van der Waals surface area contributed by atoms with Crippen molar-refractivity contribution in [3.63, 3.8) is 0 Å². The van der Waals surface area contributed by atoms with Crippen molar-refractivity contribution < 1.29 is 9.84 Å². The van der Waals surface area contributed by atoms with Gasteiger partial charge in [-0.05, 0) is 18.2 Å². The second-order valence-electron chi connectivity index (χ2n) is 3.53. The number of benzene rings is 1. The van der Waals surface area contributed by atoms with Crippen LogP contribution in [-0.4, -0.2) is 18.3 Å². The smallest absolute Gasteiger partial charge is 0.120 e. The molecule has 0 fully saturated rings. The molecule has 78 valence electrons. The Morgan fingerprint density at radius 2 is 2.14 bits per heavy atom. The molecule has 0 saturated heterocycles. The highest BCUT2D eigenvalue weighted by Gasteiger charge is 2.03. The molecule has 1 aromatic carbocycles. The molecule has 0 aromatic heterocycles. The van der Waals surface area contributed by atoms with Crippen LogP contribution in [0.1, 0.15) is 19.4 Å². The molecule has 0 aliphatic carbocycles. The first-order valence-electron chi connectivity index (χ1n) is 4.72. The average molecular weight is 195 g/mol. The molecule has 2 N–H and O–H groups in total. The van der Waals surface area contributed by atoms with Crippen molar-refractivity contribution in [2.45, 2.75) is 26.4 Å². The first-order valence-corrected chi connectivity index (χ1v) is 4.72. The van der Waals surface area contributed by atoms with E-state index in [0.29, 0.717) is 18.3 Å². The van der Waals surface area contributed by atoms with Gasteiger partial charge in [-0.1, -0.05) is 13.8 Å². The molecule has 3 nitrogen and oxygen atoms in total. The lowest BCUT2D eigenvalue weighted by molar-refractivity contribution is 0.409. The number of rotatable bonds is 4. The Hall–Kier alpha value is -1.22. The minimum absolute atomic E-state index is 0.305. The van der Waals surface area contributed by atoms with E-state index in [1.165, 1.54) is 0 Å². The summed E-state index contributed by atoms with van der Waals surface area (Å²) in [5, 5.41) is 12.8. The Labute approximate surface area is 84.7 Å². The van der Waals surface area contributed by atoms with Gasteiger partial charge in [0, 0.05) is 18.2 Å². The highest BCUT2D eigenvalue weighted by molar-refractivity contribution is 5.39. The Morgan fingerprint density at radius 3 is 2.71 bits per heavy atom. The van der Waals surface area contributed by atoms with E-state index in [0.717, 1.165) is 11.3 Å². The summed E-state index contributed by atoms with van der Waals surface area (Å²) >= 11 is 0. The molecular formula is C11H17NO2. The van der Waals surface area contributed by atoms with Crippen LogP contribution in [0.3, 0.4) is 0 Å². The van der Waals surface area contributed by atoms with Crippen molar-refractivity contribution in [3.05, 3.63) is 23.8 Å². The van der Waals surface area contributed by atoms with Crippen molar-refractivity contribution in [1.82, 2.24) is 5.32 Å². The fraction of sp³-hybridized carbons (Fsp3) is 0.455. The fourth-order valence-electron chi connectivity index (χ4n) is 1.14. The Kier molecular flexibility index (Phi) is 3.77. The quantitative estimate of drug-likeness (QED) is 0.771. The lowest BCUT2D eigenvalue weighted by Crippen LogP contribution is -2.21. The van der Waals surface area contributed by atoms with Crippen LogP contribution in [0.2, 0.25) is 0 Å². The largest absolute Gasteiger partial charge is 0.508 e. The van der Waals surface area contributed by atoms with E-state index >= 15 is 0 Å². The van der Waals surface area contributed by atoms with Gasteiger partial charge in [0.15, 0.2) is 0 Å². The lowest BCUT2D eigenvalue weighted by Gasteiger charge is -2.10. The van der Waals surface area contributed by atoms with Crippen LogP contribution >= 0.6 is 0 Å². The number of hydrogen-bond donors (Lipinski definition) is 2. The molecule has 1 rings (SSSR count). The number of hydrogen-bond acceptors (Lipinski definition) is 3. The monoisotopic (exact) mass is 195 g/mol. The second-order valence-corrected chi connectivity index (χ2v) is 3.53. The highest BCUT2D eigenvalue weighted by atomic mass is 16.5. The summed E-state index contributed by atoms with van der Waals surface area (Å²) in [4.78, 5) is 0. The summed E-state index contributed by atoms with van der Waals surface area (Å²) in [6, 6.07) is 5.63. The lowest BCUT2D eigenvalue weighted by atomic mass is 10.2. The van der Waals surface area contributed by atoms with E-state index in [2.05, 4.69) is 19.2 Å². The van der Waals surface area contributed by atoms with Crippen molar-refractivity contribution in [2.75, 3.05) is 7.11 Å². The van der Waals surface area contributed by atoms with E-state index in [1.54, 1.807) is 19.2 Å². The second kappa shape index (κ2) is 4.86. The van der Waals surface area contributed by atoms with Crippen LogP contribution < -0.4 is 10.1 Å². The van der Waals surface area contributed by atoms with Crippen molar-refractivity contribution in [2.24, 2.45) is 0 Å². The summed E-state index contributed by atoms with van der Waals surface area (Å²) < 4.78 is 5.08. The molecule has 0 radical (unpaired) electrons. The summed E-state index contributed by atoms with van der Waals surface area (Å²) in [6.45, 7) is 4.79. The summed E-state index contributed by atoms with van der Waals surface area (Å²) in [6.07, 6.45) is 0. The van der Waals surface area contributed by atoms with Crippen LogP contribution in [0.25, 0.3) is 0 Å². The normalized spacial score (nSPS) is 10.6. The van der Waals surface area contributed by atoms with Gasteiger partial charge in [0.1, 0.15) is 11.5 Å². The van der Waals surface area contributed by atoms with Gasteiger partial charge in [0.2, 0.25) is 0 Å². The zero-order chi connectivity index (χ0) is 10.6. The summed E-state index contributed by atoms with van der Waals surface area (Å²) in [5.74, 6) is 1.07. The van der Waals surface area contributed by atoms with Crippen LogP contribution in [0, 0.1) is 0 Å². The molecule has 1 aromatic rings. The molecule has 0 unspecified atom stereocenters. The predicted molar refractivity (Wildman–Crippen MR) is 56.6 cm³/mol. The molecule has 3 heteroatoms. The Morgan fingerprint density at radius 1 is 1.43 bits per heavy atom. The van der Waals surface area contributed by atoms with Crippen LogP contribution in [0.15, 0.2) is 18.2 Å². The van der Waals surface area contributed by atoms with Crippen LogP contribution in [0.4, 0.5) is 0 Å². The van der Waals surface area contributed by atoms with Crippen LogP contribution in [0.5, 0.6) is 11.5 Å². The van der Waals surface area contributed by atoms with E-state index in [4.69, 9.17) is 4.74 Å².